The van der Waals surface area contributed by atoms with E-state index in [0.717, 1.165) is 44.0 Å². The fraction of sp³-hybridized carbons (Fsp3) is 0.200. The molecule has 6 aromatic rings. The van der Waals surface area contributed by atoms with Crippen LogP contribution in [0.3, 0.4) is 0 Å². The van der Waals surface area contributed by atoms with Gasteiger partial charge in [0.05, 0.1) is 28.4 Å². The molecule has 14 heteroatoms. The van der Waals surface area contributed by atoms with Crippen molar-refractivity contribution in [2.45, 2.75) is 37.1 Å². The van der Waals surface area contributed by atoms with E-state index < -0.39 is 23.9 Å². The zero-order chi connectivity index (χ0) is 45.3. The molecule has 0 aromatic heterocycles. The summed E-state index contributed by atoms with van der Waals surface area (Å²) in [4.78, 5) is 47.7. The Morgan fingerprint density at radius 2 is 0.547 bits per heavy atom. The Kier molecular flexibility index (Phi) is 17.4. The predicted octanol–water partition coefficient (Wildman–Crippen LogP) is 8.17. The van der Waals surface area contributed by atoms with Crippen LogP contribution < -0.4 is 18.9 Å². The molecule has 0 aliphatic rings. The molecule has 12 nitrogen and oxygen atoms in total. The molecule has 6 aromatic carbocycles. The number of carbonyl (C=O) groups is 4. The molecule has 0 aliphatic heterocycles. The summed E-state index contributed by atoms with van der Waals surface area (Å²) in [5.74, 6) is 1.01. The van der Waals surface area contributed by atoms with Gasteiger partial charge >= 0.3 is 356 Å². The topological polar surface area (TPSA) is 142 Å². The second-order valence-corrected chi connectivity index (χ2v) is 21.4. The van der Waals surface area contributed by atoms with E-state index >= 15 is 0 Å². The van der Waals surface area contributed by atoms with Crippen LogP contribution >= 0.6 is 0 Å². The summed E-state index contributed by atoms with van der Waals surface area (Å²) in [5.41, 5.74) is 7.56. The van der Waals surface area contributed by atoms with Crippen LogP contribution in [0.15, 0.2) is 133 Å². The third-order valence-corrected chi connectivity index (χ3v) is 16.2. The van der Waals surface area contributed by atoms with E-state index in [4.69, 9.17) is 37.9 Å². The van der Waals surface area contributed by atoms with Crippen LogP contribution in [0.2, 0.25) is 0 Å². The molecular formula is C50H46O12Se2. The molecule has 0 amide bonds. The number of ether oxygens (including phenoxy) is 8. The van der Waals surface area contributed by atoms with Gasteiger partial charge in [0.25, 0.3) is 0 Å². The van der Waals surface area contributed by atoms with Gasteiger partial charge in [-0.1, -0.05) is 0 Å². The third kappa shape index (κ3) is 14.0. The zero-order valence-electron chi connectivity index (χ0n) is 35.7. The van der Waals surface area contributed by atoms with Gasteiger partial charge in [-0.2, -0.15) is 0 Å². The predicted molar refractivity (Wildman–Crippen MR) is 240 cm³/mol. The molecule has 0 saturated heterocycles. The van der Waals surface area contributed by atoms with Gasteiger partial charge in [-0.3, -0.25) is 0 Å². The first-order chi connectivity index (χ1) is 31.1. The average molecular weight is 997 g/mol. The van der Waals surface area contributed by atoms with Crippen molar-refractivity contribution < 1.29 is 57.1 Å². The van der Waals surface area contributed by atoms with Crippen LogP contribution in [0.5, 0.6) is 23.0 Å². The number of esters is 4. The number of carbonyl (C=O) groups excluding carboxylic acids is 4. The van der Waals surface area contributed by atoms with Crippen molar-refractivity contribution in [1.29, 1.82) is 0 Å². The summed E-state index contributed by atoms with van der Waals surface area (Å²) in [7, 11) is 5.40. The van der Waals surface area contributed by atoms with Crippen LogP contribution in [0.25, 0.3) is 0 Å². The Labute approximate surface area is 382 Å². The van der Waals surface area contributed by atoms with Gasteiger partial charge in [0, 0.05) is 0 Å². The molecule has 0 heterocycles. The second kappa shape index (κ2) is 23.8. The van der Waals surface area contributed by atoms with Crippen molar-refractivity contribution >= 4 is 50.1 Å². The van der Waals surface area contributed by atoms with Gasteiger partial charge in [0.2, 0.25) is 0 Å². The van der Waals surface area contributed by atoms with Crippen molar-refractivity contribution in [3.05, 3.63) is 189 Å². The van der Waals surface area contributed by atoms with E-state index in [9.17, 15) is 19.2 Å². The van der Waals surface area contributed by atoms with Crippen molar-refractivity contribution in [3.8, 4) is 23.0 Å². The first kappa shape index (κ1) is 46.9. The zero-order valence-corrected chi connectivity index (χ0v) is 39.1. The summed E-state index contributed by atoms with van der Waals surface area (Å²) in [6, 6.07) is 40.2. The molecule has 64 heavy (non-hydrogen) atoms. The number of hydrogen-bond donors (Lipinski definition) is 0. The van der Waals surface area contributed by atoms with Crippen LogP contribution in [0.4, 0.5) is 0 Å². The molecule has 0 saturated carbocycles. The summed E-state index contributed by atoms with van der Waals surface area (Å²) in [6.07, 6.45) is 0. The fourth-order valence-corrected chi connectivity index (χ4v) is 12.5. The van der Waals surface area contributed by atoms with E-state index in [2.05, 4.69) is 0 Å². The molecule has 0 unspecified atom stereocenters. The molecule has 0 aliphatic carbocycles. The van der Waals surface area contributed by atoms with E-state index in [1.54, 1.807) is 48.5 Å². The first-order valence-electron chi connectivity index (χ1n) is 19.9. The van der Waals surface area contributed by atoms with E-state index in [1.165, 1.54) is 28.4 Å². The quantitative estimate of drug-likeness (QED) is 0.0297. The Morgan fingerprint density at radius 1 is 0.328 bits per heavy atom. The summed E-state index contributed by atoms with van der Waals surface area (Å²) >= 11 is 0.494. The average Bonchev–Trinajstić information content (AvgIpc) is 3.34. The van der Waals surface area contributed by atoms with E-state index in [0.29, 0.717) is 45.3 Å². The number of rotatable bonds is 21. The van der Waals surface area contributed by atoms with Gasteiger partial charge in [0.15, 0.2) is 0 Å². The SMILES string of the molecule is COC(=O)c1ccc(COc2cc(C[Se][Se]Cc3cc(OCc4ccc(C(=O)OC)cc4)cc(OCc4ccc(C(=O)OC)cc4)c3)cc(OCc3ccc(C(=O)OC)cc3)c2)cc1. The van der Waals surface area contributed by atoms with Crippen LogP contribution in [-0.4, -0.2) is 78.6 Å². The Morgan fingerprint density at radius 3 is 0.750 bits per heavy atom. The number of methoxy groups -OCH3 is 4. The van der Waals surface area contributed by atoms with Gasteiger partial charge < -0.3 is 0 Å². The second-order valence-electron chi connectivity index (χ2n) is 14.1. The van der Waals surface area contributed by atoms with E-state index in [1.807, 2.05) is 84.9 Å². The number of benzene rings is 6. The molecule has 6 rings (SSSR count). The van der Waals surface area contributed by atoms with Crippen molar-refractivity contribution in [2.75, 3.05) is 28.4 Å². The van der Waals surface area contributed by atoms with Gasteiger partial charge in [-0.15, -0.1) is 0 Å². The Bertz CT molecular complexity index is 2170. The molecule has 0 bridgehead atoms. The van der Waals surface area contributed by atoms with Gasteiger partial charge in [0.1, 0.15) is 0 Å². The minimum absolute atomic E-state index is 0.247. The van der Waals surface area contributed by atoms with Gasteiger partial charge in [-0.25, -0.2) is 0 Å². The monoisotopic (exact) mass is 998 g/mol. The molecule has 330 valence electrons. The Balaban J connectivity index is 1.13. The summed E-state index contributed by atoms with van der Waals surface area (Å²) in [5, 5.41) is 1.68. The number of hydrogen-bond acceptors (Lipinski definition) is 12. The maximum absolute atomic E-state index is 11.9. The normalized spacial score (nSPS) is 10.6. The molecule has 0 radical (unpaired) electrons. The van der Waals surface area contributed by atoms with Crippen molar-refractivity contribution in [2.24, 2.45) is 0 Å². The summed E-state index contributed by atoms with van der Waals surface area (Å²) < 4.78 is 44.3. The summed E-state index contributed by atoms with van der Waals surface area (Å²) in [6.45, 7) is 1.15. The first-order valence-corrected chi connectivity index (χ1v) is 26.6. The van der Waals surface area contributed by atoms with E-state index in [-0.39, 0.29) is 52.7 Å². The third-order valence-electron chi connectivity index (χ3n) is 9.54. The molecule has 0 atom stereocenters. The van der Waals surface area contributed by atoms with Crippen molar-refractivity contribution in [1.82, 2.24) is 0 Å². The fourth-order valence-electron chi connectivity index (χ4n) is 6.07. The van der Waals surface area contributed by atoms with Crippen LogP contribution in [-0.2, 0) is 56.0 Å². The molecule has 0 N–H and O–H groups in total. The van der Waals surface area contributed by atoms with Gasteiger partial charge in [-0.05, 0) is 0 Å². The Hall–Kier alpha value is -6.56. The van der Waals surface area contributed by atoms with Crippen LogP contribution in [0, 0.1) is 0 Å². The maximum atomic E-state index is 11.9. The standard InChI is InChI=1S/C50H46O12Se2/c1-55-47(51)39-13-5-33(6-14-39)27-59-43-21-37(22-44(25-43)60-28-34-7-15-40(16-8-34)48(52)56-2)31-63-64-32-38-23-45(61-29-35-9-17-41(18-10-35)49(53)57-3)26-46(24-38)62-30-36-11-19-42(20-12-36)50(54)58-4/h5-26H,27-32H2,1-4H3. The van der Waals surface area contributed by atoms with Crippen molar-refractivity contribution in [3.63, 3.8) is 0 Å². The molecular weight excluding hydrogens is 950 g/mol. The molecule has 0 fully saturated rings. The van der Waals surface area contributed by atoms with Crippen LogP contribution in [0.1, 0.15) is 74.8 Å². The molecule has 0 spiro atoms. The minimum atomic E-state index is -0.401.